The molecular formula is C15H20ClN3O2. The number of carbonyl (C=O) groups is 2. The van der Waals surface area contributed by atoms with Crippen LogP contribution >= 0.6 is 11.6 Å². The molecule has 0 unspecified atom stereocenters. The molecule has 1 N–H and O–H groups in total. The van der Waals surface area contributed by atoms with E-state index in [1.165, 1.54) is 0 Å². The number of benzene rings is 1. The maximum atomic E-state index is 11.8. The smallest absolute Gasteiger partial charge is 0.221 e. The van der Waals surface area contributed by atoms with Gasteiger partial charge in [0, 0.05) is 50.7 Å². The summed E-state index contributed by atoms with van der Waals surface area (Å²) in [4.78, 5) is 26.4. The fraction of sp³-hybridized carbons (Fsp3) is 0.467. The lowest BCUT2D eigenvalue weighted by Crippen LogP contribution is -2.46. The van der Waals surface area contributed by atoms with Crippen molar-refractivity contribution in [2.75, 3.05) is 32.7 Å². The Morgan fingerprint density at radius 2 is 1.95 bits per heavy atom. The van der Waals surface area contributed by atoms with Crippen LogP contribution in [0.1, 0.15) is 12.0 Å². The first-order valence-corrected chi connectivity index (χ1v) is 7.48. The minimum Gasteiger partial charge on any atom is -0.352 e. The molecule has 1 saturated heterocycles. The van der Waals surface area contributed by atoms with E-state index in [2.05, 4.69) is 10.2 Å². The zero-order valence-corrected chi connectivity index (χ0v) is 12.7. The minimum atomic E-state index is 0.0211. The van der Waals surface area contributed by atoms with Gasteiger partial charge in [0.05, 0.1) is 0 Å². The molecule has 0 spiro atoms. The van der Waals surface area contributed by atoms with Crippen LogP contribution in [0.2, 0.25) is 5.02 Å². The van der Waals surface area contributed by atoms with Gasteiger partial charge in [-0.15, -0.1) is 0 Å². The van der Waals surface area contributed by atoms with E-state index in [0.29, 0.717) is 18.0 Å². The Morgan fingerprint density at radius 1 is 1.24 bits per heavy atom. The Kier molecular flexibility index (Phi) is 6.02. The highest BCUT2D eigenvalue weighted by molar-refractivity contribution is 6.31. The van der Waals surface area contributed by atoms with Crippen molar-refractivity contribution in [2.45, 2.75) is 13.0 Å². The summed E-state index contributed by atoms with van der Waals surface area (Å²) in [6.07, 6.45) is 1.35. The molecule has 0 bridgehead atoms. The molecule has 1 aliphatic rings. The summed E-state index contributed by atoms with van der Waals surface area (Å²) in [6, 6.07) is 7.49. The number of nitrogens with zero attached hydrogens (tertiary/aromatic N) is 2. The number of hydrogen-bond donors (Lipinski definition) is 1. The number of piperazine rings is 1. The summed E-state index contributed by atoms with van der Waals surface area (Å²) in [6.45, 7) is 4.32. The molecule has 0 aromatic heterocycles. The largest absolute Gasteiger partial charge is 0.352 e. The van der Waals surface area contributed by atoms with Crippen LogP contribution in [0.3, 0.4) is 0 Å². The lowest BCUT2D eigenvalue weighted by Gasteiger charge is -2.32. The molecule has 0 atom stereocenters. The average Bonchev–Trinajstić information content (AvgIpc) is 2.52. The van der Waals surface area contributed by atoms with Crippen LogP contribution in [-0.2, 0) is 16.1 Å². The number of carbonyl (C=O) groups excluding carboxylic acids is 2. The van der Waals surface area contributed by atoms with Gasteiger partial charge < -0.3 is 10.2 Å². The zero-order chi connectivity index (χ0) is 15.1. The third-order valence-electron chi connectivity index (χ3n) is 3.64. The minimum absolute atomic E-state index is 0.0211. The number of halogens is 1. The van der Waals surface area contributed by atoms with E-state index in [9.17, 15) is 9.59 Å². The molecule has 1 fully saturated rings. The standard InChI is InChI=1S/C15H20ClN3O2/c16-14-4-2-1-3-13(14)11-17-15(21)5-6-18-7-9-19(12-20)10-8-18/h1-4,12H,5-11H2,(H,17,21). The van der Waals surface area contributed by atoms with Crippen LogP contribution in [0.25, 0.3) is 0 Å². The second-order valence-electron chi connectivity index (χ2n) is 5.10. The van der Waals surface area contributed by atoms with Crippen molar-refractivity contribution in [3.63, 3.8) is 0 Å². The fourth-order valence-electron chi connectivity index (χ4n) is 2.28. The molecule has 21 heavy (non-hydrogen) atoms. The first kappa shape index (κ1) is 15.8. The molecule has 5 nitrogen and oxygen atoms in total. The van der Waals surface area contributed by atoms with Crippen LogP contribution < -0.4 is 5.32 Å². The molecule has 6 heteroatoms. The van der Waals surface area contributed by atoms with Crippen molar-refractivity contribution in [2.24, 2.45) is 0 Å². The van der Waals surface area contributed by atoms with E-state index >= 15 is 0 Å². The second-order valence-corrected chi connectivity index (χ2v) is 5.51. The quantitative estimate of drug-likeness (QED) is 0.801. The molecule has 114 valence electrons. The highest BCUT2D eigenvalue weighted by Gasteiger charge is 2.15. The lowest BCUT2D eigenvalue weighted by atomic mass is 10.2. The number of rotatable bonds is 6. The SMILES string of the molecule is O=CN1CCN(CCC(=O)NCc2ccccc2Cl)CC1. The number of amides is 2. The third-order valence-corrected chi connectivity index (χ3v) is 4.01. The van der Waals surface area contributed by atoms with Gasteiger partial charge in [0.2, 0.25) is 12.3 Å². The summed E-state index contributed by atoms with van der Waals surface area (Å²) in [7, 11) is 0. The molecule has 1 aliphatic heterocycles. The van der Waals surface area contributed by atoms with Gasteiger partial charge in [-0.05, 0) is 11.6 Å². The number of nitrogens with one attached hydrogen (secondary N) is 1. The van der Waals surface area contributed by atoms with E-state index in [1.54, 1.807) is 4.90 Å². The highest BCUT2D eigenvalue weighted by Crippen LogP contribution is 2.14. The van der Waals surface area contributed by atoms with Gasteiger partial charge in [0.15, 0.2) is 0 Å². The van der Waals surface area contributed by atoms with Crippen molar-refractivity contribution >= 4 is 23.9 Å². The lowest BCUT2D eigenvalue weighted by molar-refractivity contribution is -0.123. The molecule has 0 radical (unpaired) electrons. The average molecular weight is 310 g/mol. The third kappa shape index (κ3) is 5.02. The van der Waals surface area contributed by atoms with Crippen LogP contribution in [0.5, 0.6) is 0 Å². The van der Waals surface area contributed by atoms with E-state index < -0.39 is 0 Å². The summed E-state index contributed by atoms with van der Waals surface area (Å²) in [5.41, 5.74) is 0.923. The van der Waals surface area contributed by atoms with Crippen LogP contribution in [-0.4, -0.2) is 54.8 Å². The molecule has 0 aliphatic carbocycles. The zero-order valence-electron chi connectivity index (χ0n) is 11.9. The Bertz CT molecular complexity index is 488. The maximum Gasteiger partial charge on any atom is 0.221 e. The number of hydrogen-bond acceptors (Lipinski definition) is 3. The Labute approximate surface area is 129 Å². The van der Waals surface area contributed by atoms with Gasteiger partial charge in [-0.3, -0.25) is 14.5 Å². The Balaban J connectivity index is 1.66. The van der Waals surface area contributed by atoms with Crippen molar-refractivity contribution in [1.29, 1.82) is 0 Å². The van der Waals surface area contributed by atoms with E-state index in [0.717, 1.165) is 44.7 Å². The topological polar surface area (TPSA) is 52.7 Å². The van der Waals surface area contributed by atoms with Crippen LogP contribution in [0.15, 0.2) is 24.3 Å². The van der Waals surface area contributed by atoms with Gasteiger partial charge in [-0.1, -0.05) is 29.8 Å². The Morgan fingerprint density at radius 3 is 2.62 bits per heavy atom. The first-order valence-electron chi connectivity index (χ1n) is 7.11. The Hall–Kier alpha value is -1.59. The van der Waals surface area contributed by atoms with Gasteiger partial charge in [0.1, 0.15) is 0 Å². The van der Waals surface area contributed by atoms with Gasteiger partial charge in [0.25, 0.3) is 0 Å². The second kappa shape index (κ2) is 8.00. The molecule has 1 aromatic rings. The summed E-state index contributed by atoms with van der Waals surface area (Å²) >= 11 is 6.04. The van der Waals surface area contributed by atoms with Gasteiger partial charge in [-0.2, -0.15) is 0 Å². The van der Waals surface area contributed by atoms with Crippen molar-refractivity contribution in [3.8, 4) is 0 Å². The van der Waals surface area contributed by atoms with E-state index in [1.807, 2.05) is 24.3 Å². The first-order chi connectivity index (χ1) is 10.2. The summed E-state index contributed by atoms with van der Waals surface area (Å²) in [5, 5.41) is 3.55. The predicted molar refractivity (Wildman–Crippen MR) is 82.0 cm³/mol. The maximum absolute atomic E-state index is 11.8. The monoisotopic (exact) mass is 309 g/mol. The normalized spacial score (nSPS) is 15.8. The molecule has 2 amide bonds. The molecule has 1 aromatic carbocycles. The summed E-state index contributed by atoms with van der Waals surface area (Å²) in [5.74, 6) is 0.0211. The molecule has 1 heterocycles. The van der Waals surface area contributed by atoms with Crippen LogP contribution in [0.4, 0.5) is 0 Å². The molecular weight excluding hydrogens is 290 g/mol. The highest BCUT2D eigenvalue weighted by atomic mass is 35.5. The van der Waals surface area contributed by atoms with Crippen molar-refractivity contribution in [1.82, 2.24) is 15.1 Å². The van der Waals surface area contributed by atoms with E-state index in [-0.39, 0.29) is 5.91 Å². The fourth-order valence-corrected chi connectivity index (χ4v) is 2.48. The van der Waals surface area contributed by atoms with Crippen LogP contribution in [0, 0.1) is 0 Å². The predicted octanol–water partition coefficient (Wildman–Crippen LogP) is 1.12. The molecule has 2 rings (SSSR count). The molecule has 0 saturated carbocycles. The van der Waals surface area contributed by atoms with E-state index in [4.69, 9.17) is 11.6 Å². The van der Waals surface area contributed by atoms with Gasteiger partial charge >= 0.3 is 0 Å². The van der Waals surface area contributed by atoms with Gasteiger partial charge in [-0.25, -0.2) is 0 Å². The van der Waals surface area contributed by atoms with Crippen molar-refractivity contribution < 1.29 is 9.59 Å². The van der Waals surface area contributed by atoms with Crippen molar-refractivity contribution in [3.05, 3.63) is 34.9 Å². The summed E-state index contributed by atoms with van der Waals surface area (Å²) < 4.78 is 0.